The van der Waals surface area contributed by atoms with Crippen molar-refractivity contribution in [2.75, 3.05) is 13.7 Å². The van der Waals surface area contributed by atoms with E-state index in [2.05, 4.69) is 15.8 Å². The van der Waals surface area contributed by atoms with Gasteiger partial charge in [-0.05, 0) is 59.7 Å². The molecule has 0 saturated carbocycles. The molecule has 37 heavy (non-hydrogen) atoms. The Balaban J connectivity index is 1.32. The number of benzene rings is 4. The summed E-state index contributed by atoms with van der Waals surface area (Å²) < 4.78 is 10.8. The summed E-state index contributed by atoms with van der Waals surface area (Å²) in [7, 11) is 1.46. The van der Waals surface area contributed by atoms with Crippen LogP contribution in [-0.4, -0.2) is 37.7 Å². The van der Waals surface area contributed by atoms with Crippen LogP contribution in [0.25, 0.3) is 10.8 Å². The van der Waals surface area contributed by atoms with Crippen molar-refractivity contribution in [3.8, 4) is 11.5 Å². The van der Waals surface area contributed by atoms with Crippen LogP contribution < -0.4 is 20.2 Å². The number of ether oxygens (including phenoxy) is 2. The fraction of sp³-hybridized carbons (Fsp3) is 0.103. The predicted octanol–water partition coefficient (Wildman–Crippen LogP) is 4.26. The molecule has 2 amide bonds. The van der Waals surface area contributed by atoms with Gasteiger partial charge in [-0.3, -0.25) is 9.59 Å². The van der Waals surface area contributed by atoms with Crippen LogP contribution in [0.5, 0.6) is 11.5 Å². The normalized spacial score (nSPS) is 10.8. The SMILES string of the molecule is COc1cc(C=NNC(=O)CNC(=O)c2cccc3ccccc23)ccc1OC(=O)c1ccc(C)cc1. The van der Waals surface area contributed by atoms with Crippen LogP contribution in [0.4, 0.5) is 0 Å². The number of carbonyl (C=O) groups is 3. The number of amides is 2. The number of hydrogen-bond donors (Lipinski definition) is 2. The highest BCUT2D eigenvalue weighted by atomic mass is 16.6. The summed E-state index contributed by atoms with van der Waals surface area (Å²) in [4.78, 5) is 37.1. The predicted molar refractivity (Wildman–Crippen MR) is 141 cm³/mol. The minimum Gasteiger partial charge on any atom is -0.493 e. The number of hydrogen-bond acceptors (Lipinski definition) is 6. The van der Waals surface area contributed by atoms with Gasteiger partial charge in [-0.1, -0.05) is 54.1 Å². The number of fused-ring (bicyclic) bond motifs is 1. The van der Waals surface area contributed by atoms with Crippen molar-refractivity contribution in [2.45, 2.75) is 6.92 Å². The van der Waals surface area contributed by atoms with Crippen LogP contribution in [-0.2, 0) is 4.79 Å². The third kappa shape index (κ3) is 6.37. The maximum Gasteiger partial charge on any atom is 0.343 e. The molecule has 0 aliphatic heterocycles. The molecule has 4 aromatic carbocycles. The first-order chi connectivity index (χ1) is 17.9. The molecule has 2 N–H and O–H groups in total. The summed E-state index contributed by atoms with van der Waals surface area (Å²) in [5.74, 6) is -0.752. The molecule has 0 bridgehead atoms. The Labute approximate surface area is 213 Å². The molecule has 0 spiro atoms. The minimum atomic E-state index is -0.502. The molecular formula is C29H25N3O5. The largest absolute Gasteiger partial charge is 0.493 e. The number of esters is 1. The van der Waals surface area contributed by atoms with Crippen LogP contribution in [0, 0.1) is 6.92 Å². The van der Waals surface area contributed by atoms with Crippen molar-refractivity contribution in [1.29, 1.82) is 0 Å². The Morgan fingerprint density at radius 2 is 1.65 bits per heavy atom. The fourth-order valence-corrected chi connectivity index (χ4v) is 3.59. The number of aryl methyl sites for hydroxylation is 1. The number of hydrazone groups is 1. The fourth-order valence-electron chi connectivity index (χ4n) is 3.59. The van der Waals surface area contributed by atoms with Gasteiger partial charge in [-0.15, -0.1) is 0 Å². The van der Waals surface area contributed by atoms with E-state index in [1.54, 1.807) is 42.5 Å². The van der Waals surface area contributed by atoms with Gasteiger partial charge < -0.3 is 14.8 Å². The summed E-state index contributed by atoms with van der Waals surface area (Å²) >= 11 is 0. The smallest absolute Gasteiger partial charge is 0.343 e. The third-order valence-electron chi connectivity index (χ3n) is 5.52. The first-order valence-corrected chi connectivity index (χ1v) is 11.5. The average Bonchev–Trinajstić information content (AvgIpc) is 2.92. The molecule has 0 saturated heterocycles. The van der Waals surface area contributed by atoms with Crippen LogP contribution >= 0.6 is 0 Å². The van der Waals surface area contributed by atoms with Crippen LogP contribution in [0.1, 0.15) is 31.8 Å². The standard InChI is InChI=1S/C29H25N3O5/c1-19-10-13-22(14-11-19)29(35)37-25-15-12-20(16-26(25)36-2)17-31-32-27(33)18-30-28(34)24-9-5-7-21-6-3-4-8-23(21)24/h3-17H,18H2,1-2H3,(H,30,34)(H,32,33). The Morgan fingerprint density at radius 3 is 2.43 bits per heavy atom. The Hall–Kier alpha value is -4.98. The Morgan fingerprint density at radius 1 is 0.892 bits per heavy atom. The summed E-state index contributed by atoms with van der Waals surface area (Å²) in [5.41, 5.74) is 4.93. The van der Waals surface area contributed by atoms with Crippen LogP contribution in [0.2, 0.25) is 0 Å². The lowest BCUT2D eigenvalue weighted by Crippen LogP contribution is -2.35. The van der Waals surface area contributed by atoms with Crippen molar-refractivity contribution in [3.63, 3.8) is 0 Å². The van der Waals surface area contributed by atoms with E-state index in [1.807, 2.05) is 49.4 Å². The zero-order chi connectivity index (χ0) is 26.2. The van der Waals surface area contributed by atoms with Crippen molar-refractivity contribution in [1.82, 2.24) is 10.7 Å². The average molecular weight is 496 g/mol. The van der Waals surface area contributed by atoms with Crippen LogP contribution in [0.3, 0.4) is 0 Å². The van der Waals surface area contributed by atoms with Gasteiger partial charge >= 0.3 is 5.97 Å². The Kier molecular flexibility index (Phi) is 7.90. The zero-order valence-electron chi connectivity index (χ0n) is 20.4. The molecule has 0 radical (unpaired) electrons. The summed E-state index contributed by atoms with van der Waals surface area (Å²) in [6, 6.07) is 24.9. The summed E-state index contributed by atoms with van der Waals surface area (Å²) in [6.45, 7) is 1.69. The lowest BCUT2D eigenvalue weighted by Gasteiger charge is -2.10. The van der Waals surface area contributed by atoms with E-state index in [0.29, 0.717) is 22.4 Å². The second kappa shape index (κ2) is 11.6. The second-order valence-electron chi connectivity index (χ2n) is 8.17. The lowest BCUT2D eigenvalue weighted by molar-refractivity contribution is -0.120. The van der Waals surface area contributed by atoms with E-state index in [1.165, 1.54) is 13.3 Å². The van der Waals surface area contributed by atoms with E-state index in [4.69, 9.17) is 9.47 Å². The first kappa shape index (κ1) is 25.1. The van der Waals surface area contributed by atoms with E-state index < -0.39 is 11.9 Å². The van der Waals surface area contributed by atoms with Gasteiger partial charge in [-0.25, -0.2) is 10.2 Å². The molecular weight excluding hydrogens is 470 g/mol. The molecule has 8 nitrogen and oxygen atoms in total. The van der Waals surface area contributed by atoms with Gasteiger partial charge in [0.2, 0.25) is 0 Å². The zero-order valence-corrected chi connectivity index (χ0v) is 20.4. The maximum atomic E-state index is 12.6. The van der Waals surface area contributed by atoms with Gasteiger partial charge in [0.1, 0.15) is 0 Å². The van der Waals surface area contributed by atoms with E-state index in [9.17, 15) is 14.4 Å². The van der Waals surface area contributed by atoms with E-state index in [-0.39, 0.29) is 18.2 Å². The monoisotopic (exact) mass is 495 g/mol. The van der Waals surface area contributed by atoms with E-state index in [0.717, 1.165) is 16.3 Å². The molecule has 4 rings (SSSR count). The maximum absolute atomic E-state index is 12.6. The number of nitrogens with zero attached hydrogens (tertiary/aromatic N) is 1. The molecule has 0 heterocycles. The molecule has 186 valence electrons. The van der Waals surface area contributed by atoms with Crippen molar-refractivity contribution < 1.29 is 23.9 Å². The molecule has 0 fully saturated rings. The molecule has 0 aliphatic rings. The quantitative estimate of drug-likeness (QED) is 0.164. The van der Waals surface area contributed by atoms with E-state index >= 15 is 0 Å². The highest BCUT2D eigenvalue weighted by molar-refractivity contribution is 6.07. The number of methoxy groups -OCH3 is 1. The topological polar surface area (TPSA) is 106 Å². The van der Waals surface area contributed by atoms with Crippen molar-refractivity contribution >= 4 is 34.8 Å². The highest BCUT2D eigenvalue weighted by Gasteiger charge is 2.13. The molecule has 4 aromatic rings. The number of nitrogens with one attached hydrogen (secondary N) is 2. The first-order valence-electron chi connectivity index (χ1n) is 11.5. The number of carbonyl (C=O) groups excluding carboxylic acids is 3. The molecule has 8 heteroatoms. The molecule has 0 unspecified atom stereocenters. The molecule has 0 aromatic heterocycles. The van der Waals surface area contributed by atoms with Crippen LogP contribution in [0.15, 0.2) is 90.0 Å². The molecule has 0 atom stereocenters. The minimum absolute atomic E-state index is 0.239. The van der Waals surface area contributed by atoms with Gasteiger partial charge in [0.25, 0.3) is 11.8 Å². The van der Waals surface area contributed by atoms with Gasteiger partial charge in [0.05, 0.1) is 25.4 Å². The second-order valence-corrected chi connectivity index (χ2v) is 8.17. The van der Waals surface area contributed by atoms with Crippen molar-refractivity contribution in [2.24, 2.45) is 5.10 Å². The summed E-state index contributed by atoms with van der Waals surface area (Å²) in [5, 5.41) is 8.28. The Bertz CT molecular complexity index is 1470. The highest BCUT2D eigenvalue weighted by Crippen LogP contribution is 2.28. The lowest BCUT2D eigenvalue weighted by atomic mass is 10.0. The molecule has 0 aliphatic carbocycles. The third-order valence-corrected chi connectivity index (χ3v) is 5.52. The van der Waals surface area contributed by atoms with Gasteiger partial charge in [0, 0.05) is 5.56 Å². The van der Waals surface area contributed by atoms with Gasteiger partial charge in [-0.2, -0.15) is 5.10 Å². The van der Waals surface area contributed by atoms with Crippen molar-refractivity contribution in [3.05, 3.63) is 107 Å². The number of rotatable bonds is 8. The summed E-state index contributed by atoms with van der Waals surface area (Å²) in [6.07, 6.45) is 1.42. The van der Waals surface area contributed by atoms with Gasteiger partial charge in [0.15, 0.2) is 11.5 Å².